The molecule has 7 heteroatoms. The Balaban J connectivity index is -0.000000108. The second-order valence-electron chi connectivity index (χ2n) is 4.94. The molecule has 0 aliphatic heterocycles. The maximum atomic E-state index is 8.46. The van der Waals surface area contributed by atoms with E-state index >= 15 is 0 Å². The van der Waals surface area contributed by atoms with Gasteiger partial charge in [-0.1, -0.05) is 0 Å². The van der Waals surface area contributed by atoms with Gasteiger partial charge in [-0.05, 0) is 0 Å². The molecule has 6 N–H and O–H groups in total. The van der Waals surface area contributed by atoms with Crippen molar-refractivity contribution in [1.29, 1.82) is 0 Å². The molecule has 22 heavy (non-hydrogen) atoms. The second kappa shape index (κ2) is 17.6. The van der Waals surface area contributed by atoms with Crippen LogP contribution in [0.25, 0.3) is 0 Å². The van der Waals surface area contributed by atoms with E-state index in [2.05, 4.69) is 0 Å². The van der Waals surface area contributed by atoms with Crippen molar-refractivity contribution in [3.05, 3.63) is 0 Å². The first-order valence-corrected chi connectivity index (χ1v) is 6.46. The monoisotopic (exact) mass is 364 g/mol. The Bertz CT molecular complexity index is 314. The minimum Gasteiger partial charge on any atom is -0.283 e. The summed E-state index contributed by atoms with van der Waals surface area (Å²) in [5.74, 6) is 1.50. The zero-order chi connectivity index (χ0) is 17.6. The molecule has 6 nitrogen and oxygen atoms in total. The molecule has 0 aliphatic rings. The largest absolute Gasteiger partial charge is 0.302 e. The molecule has 0 radical (unpaired) electrons. The molecule has 0 fully saturated rings. The number of hydrogen-bond acceptors (Lipinski definition) is 0. The van der Waals surface area contributed by atoms with Crippen molar-refractivity contribution in [3.8, 4) is 0 Å². The molecule has 0 spiro atoms. The molecule has 0 unspecified atom stereocenters. The molecule has 0 aromatic rings. The Morgan fingerprint density at radius 1 is 0.409 bits per heavy atom. The first kappa shape index (κ1) is 28.6. The Labute approximate surface area is 141 Å². The van der Waals surface area contributed by atoms with Crippen LogP contribution in [0.3, 0.4) is 0 Å². The summed E-state index contributed by atoms with van der Waals surface area (Å²) in [6.07, 6.45) is 0.917. The predicted molar refractivity (Wildman–Crippen MR) is 89.6 cm³/mol. The van der Waals surface area contributed by atoms with Crippen molar-refractivity contribution in [3.63, 3.8) is 0 Å². The molecule has 0 aromatic heterocycles. The van der Waals surface area contributed by atoms with E-state index in [1.807, 2.05) is 0 Å². The van der Waals surface area contributed by atoms with Crippen LogP contribution >= 0.6 is 0 Å². The third-order valence-corrected chi connectivity index (χ3v) is 1.54. The van der Waals surface area contributed by atoms with Gasteiger partial charge in [-0.25, -0.2) is 0 Å². The van der Waals surface area contributed by atoms with Gasteiger partial charge < -0.3 is 0 Å². The Kier molecular flexibility index (Phi) is 22.9. The fraction of sp³-hybridized carbons (Fsp3) is 0.600. The Hall–Kier alpha value is -1.49. The fourth-order valence-electron chi connectivity index (χ4n) is 1.11. The smallest absolute Gasteiger partial charge is 0.283 e. The van der Waals surface area contributed by atoms with Crippen molar-refractivity contribution < 1.29 is 45.3 Å². The molecule has 130 valence electrons. The van der Waals surface area contributed by atoms with Gasteiger partial charge in [0, 0.05) is 58.0 Å². The van der Waals surface area contributed by atoms with Crippen LogP contribution in [0, 0.1) is 0 Å². The molecule has 0 saturated heterocycles. The predicted octanol–water partition coefficient (Wildman–Crippen LogP) is 1.52. The first-order chi connectivity index (χ1) is 9.38. The standard InChI is InChI=1S/3C5H8O2.Ni/c3*1-4(6)3-5(2)7;/h3*3H2,1-2H3;/p+6. The van der Waals surface area contributed by atoms with E-state index in [0.717, 1.165) is 0 Å². The normalized spacial score (nSPS) is 7.91. The van der Waals surface area contributed by atoms with E-state index in [4.69, 9.17) is 28.8 Å². The fourth-order valence-corrected chi connectivity index (χ4v) is 1.11. The number of ketones is 6. The molecule has 0 rings (SSSR count). The summed E-state index contributed by atoms with van der Waals surface area (Å²) < 4.78 is 0. The van der Waals surface area contributed by atoms with E-state index in [1.165, 1.54) is 0 Å². The van der Waals surface area contributed by atoms with Crippen molar-refractivity contribution in [1.82, 2.24) is 0 Å². The van der Waals surface area contributed by atoms with Crippen LogP contribution in [0.5, 0.6) is 0 Å². The van der Waals surface area contributed by atoms with Crippen molar-refractivity contribution >= 4 is 34.7 Å². The van der Waals surface area contributed by atoms with Crippen molar-refractivity contribution in [2.75, 3.05) is 0 Å². The van der Waals surface area contributed by atoms with Crippen LogP contribution in [-0.4, -0.2) is 63.5 Å². The molecule has 0 aliphatic carbocycles. The van der Waals surface area contributed by atoms with Crippen LogP contribution in [-0.2, 0) is 16.5 Å². The molecule has 0 bridgehead atoms. The molecular weight excluding hydrogens is 335 g/mol. The van der Waals surface area contributed by atoms with Crippen molar-refractivity contribution in [2.45, 2.75) is 60.8 Å². The zero-order valence-corrected chi connectivity index (χ0v) is 15.1. The molecule has 0 atom stereocenters. The summed E-state index contributed by atoms with van der Waals surface area (Å²) in [5.41, 5.74) is 0. The number of rotatable bonds is 6. The average Bonchev–Trinajstić information content (AvgIpc) is 2.10. The SMILES string of the molecule is CC(=[OH+])CC(C)=[OH+].CC(=[OH+])CC(C)=[OH+].CC(=[OH+])CC(C)=[OH+].[Ni]. The summed E-state index contributed by atoms with van der Waals surface area (Å²) >= 11 is 0. The van der Waals surface area contributed by atoms with Gasteiger partial charge >= 0.3 is 34.7 Å². The molecule has 0 heterocycles. The second-order valence-corrected chi connectivity index (χ2v) is 4.94. The molecule has 0 saturated carbocycles. The van der Waals surface area contributed by atoms with E-state index in [0.29, 0.717) is 19.3 Å². The van der Waals surface area contributed by atoms with Gasteiger partial charge in [0.2, 0.25) is 0 Å². The van der Waals surface area contributed by atoms with Crippen LogP contribution in [0.15, 0.2) is 0 Å². The Morgan fingerprint density at radius 2 is 0.500 bits per heavy atom. The topological polar surface area (TPSA) is 128 Å². The average molecular weight is 365 g/mol. The van der Waals surface area contributed by atoms with Crippen LogP contribution in [0.4, 0.5) is 0 Å². The molecular formula is C15H30NiO6+6. The van der Waals surface area contributed by atoms with E-state index in [-0.39, 0.29) is 51.2 Å². The third-order valence-electron chi connectivity index (χ3n) is 1.54. The third kappa shape index (κ3) is 51.4. The van der Waals surface area contributed by atoms with Gasteiger partial charge in [0.1, 0.15) is 0 Å². The van der Waals surface area contributed by atoms with E-state index < -0.39 is 0 Å². The molecule has 0 aromatic carbocycles. The minimum absolute atomic E-state index is 0. The minimum atomic E-state index is 0. The summed E-state index contributed by atoms with van der Waals surface area (Å²) in [4.78, 5) is 50.8. The van der Waals surface area contributed by atoms with Gasteiger partial charge in [-0.3, -0.25) is 28.8 Å². The van der Waals surface area contributed by atoms with Gasteiger partial charge in [-0.15, -0.1) is 0 Å². The van der Waals surface area contributed by atoms with E-state index in [1.54, 1.807) is 41.5 Å². The van der Waals surface area contributed by atoms with Crippen LogP contribution < -0.4 is 0 Å². The summed E-state index contributed by atoms with van der Waals surface area (Å²) in [5, 5.41) is 0. The maximum Gasteiger partial charge on any atom is 0.302 e. The van der Waals surface area contributed by atoms with Gasteiger partial charge in [0.25, 0.3) is 0 Å². The van der Waals surface area contributed by atoms with Gasteiger partial charge in [-0.2, -0.15) is 0 Å². The van der Waals surface area contributed by atoms with E-state index in [9.17, 15) is 0 Å². The van der Waals surface area contributed by atoms with Crippen LogP contribution in [0.1, 0.15) is 60.8 Å². The quantitative estimate of drug-likeness (QED) is 0.384. The Morgan fingerprint density at radius 3 is 0.500 bits per heavy atom. The number of hydrogen-bond donors (Lipinski definition) is 0. The van der Waals surface area contributed by atoms with Gasteiger partial charge in [0.05, 0.1) is 0 Å². The maximum absolute atomic E-state index is 8.46. The van der Waals surface area contributed by atoms with Crippen molar-refractivity contribution in [2.24, 2.45) is 0 Å². The van der Waals surface area contributed by atoms with Gasteiger partial charge in [0.15, 0.2) is 19.3 Å². The number of carbonyl (C=O) groups excluding carboxylic acids is 6. The van der Waals surface area contributed by atoms with Crippen LogP contribution in [0.2, 0.25) is 0 Å². The molecule has 0 amide bonds. The summed E-state index contributed by atoms with van der Waals surface area (Å²) in [7, 11) is 0. The first-order valence-electron chi connectivity index (χ1n) is 6.46. The summed E-state index contributed by atoms with van der Waals surface area (Å²) in [6, 6.07) is 0. The zero-order valence-electron chi connectivity index (χ0n) is 14.1. The summed E-state index contributed by atoms with van der Waals surface area (Å²) in [6.45, 7) is 9.33.